The van der Waals surface area contributed by atoms with E-state index >= 15 is 0 Å². The average Bonchev–Trinajstić information content (AvgIpc) is 2.78. The minimum absolute atomic E-state index is 0.0382. The molecule has 1 saturated heterocycles. The summed E-state index contributed by atoms with van der Waals surface area (Å²) >= 11 is 0. The first-order valence-electron chi connectivity index (χ1n) is 10.6. The van der Waals surface area contributed by atoms with Crippen molar-refractivity contribution in [2.75, 3.05) is 44.2 Å². The van der Waals surface area contributed by atoms with Gasteiger partial charge in [0.25, 0.3) is 0 Å². The fourth-order valence-corrected chi connectivity index (χ4v) is 4.32. The third-order valence-electron chi connectivity index (χ3n) is 5.97. The van der Waals surface area contributed by atoms with Gasteiger partial charge in [-0.15, -0.1) is 0 Å². The van der Waals surface area contributed by atoms with Gasteiger partial charge in [-0.25, -0.2) is 0 Å². The molecule has 1 unspecified atom stereocenters. The van der Waals surface area contributed by atoms with Crippen LogP contribution in [0.15, 0.2) is 53.5 Å². The van der Waals surface area contributed by atoms with Crippen molar-refractivity contribution in [3.8, 4) is 5.75 Å². The van der Waals surface area contributed by atoms with Crippen LogP contribution in [0.2, 0.25) is 0 Å². The lowest BCUT2D eigenvalue weighted by molar-refractivity contribution is 0.243. The molecule has 6 heteroatoms. The smallest absolute Gasteiger partial charge is 0.145 e. The highest BCUT2D eigenvalue weighted by Gasteiger charge is 2.21. The molecule has 0 radical (unpaired) electrons. The van der Waals surface area contributed by atoms with E-state index in [9.17, 15) is 0 Å². The number of aromatic nitrogens is 1. The van der Waals surface area contributed by atoms with Crippen LogP contribution in [0.1, 0.15) is 17.3 Å². The molecule has 1 fully saturated rings. The zero-order chi connectivity index (χ0) is 20.5. The van der Waals surface area contributed by atoms with Crippen molar-refractivity contribution in [1.29, 1.82) is 0 Å². The van der Waals surface area contributed by atoms with Gasteiger partial charge in [0.2, 0.25) is 0 Å². The van der Waals surface area contributed by atoms with E-state index in [0.717, 1.165) is 60.9 Å². The van der Waals surface area contributed by atoms with Crippen molar-refractivity contribution in [2.45, 2.75) is 13.0 Å². The number of piperazine rings is 1. The zero-order valence-electron chi connectivity index (χ0n) is 17.3. The quantitative estimate of drug-likeness (QED) is 0.725. The van der Waals surface area contributed by atoms with E-state index in [-0.39, 0.29) is 6.04 Å². The second-order valence-electron chi connectivity index (χ2n) is 8.04. The lowest BCUT2D eigenvalue weighted by atomic mass is 10.0. The minimum atomic E-state index is -0.0382. The second kappa shape index (κ2) is 8.05. The van der Waals surface area contributed by atoms with E-state index in [1.807, 2.05) is 13.0 Å². The van der Waals surface area contributed by atoms with Crippen LogP contribution < -0.4 is 15.4 Å². The Morgan fingerprint density at radius 2 is 1.93 bits per heavy atom. The zero-order valence-corrected chi connectivity index (χ0v) is 17.3. The molecule has 0 saturated carbocycles. The molecule has 0 aliphatic carbocycles. The molecule has 2 aliphatic heterocycles. The number of ether oxygens (including phenoxy) is 1. The number of nitrogens with two attached hydrogens (primary N) is 1. The minimum Gasteiger partial charge on any atom is -0.486 e. The van der Waals surface area contributed by atoms with Gasteiger partial charge in [0.15, 0.2) is 0 Å². The molecule has 3 aromatic rings. The third kappa shape index (κ3) is 3.76. The largest absolute Gasteiger partial charge is 0.486 e. The molecule has 0 amide bonds. The maximum atomic E-state index is 6.54. The molecule has 5 rings (SSSR count). The Morgan fingerprint density at radius 3 is 2.80 bits per heavy atom. The standard InChI is InChI=1S/C24H27N5O/c1-17-5-7-19-21(27-17)3-2-4-23(19)29-12-10-28(11-13-29)16-20(25)18-6-8-24-22(15-18)26-9-14-30-24/h2-9,15,20H,10-14,16,25H2,1H3. The van der Waals surface area contributed by atoms with Gasteiger partial charge in [0, 0.05) is 61.7 Å². The third-order valence-corrected chi connectivity index (χ3v) is 5.97. The van der Waals surface area contributed by atoms with E-state index in [2.05, 4.69) is 62.2 Å². The van der Waals surface area contributed by atoms with Crippen LogP contribution in [0.3, 0.4) is 0 Å². The maximum Gasteiger partial charge on any atom is 0.145 e. The summed E-state index contributed by atoms with van der Waals surface area (Å²) in [5.74, 6) is 0.835. The summed E-state index contributed by atoms with van der Waals surface area (Å²) in [7, 11) is 0. The number of rotatable bonds is 4. The van der Waals surface area contributed by atoms with E-state index in [0.29, 0.717) is 6.61 Å². The number of aliphatic imine (C=N–C) groups is 1. The number of hydrogen-bond acceptors (Lipinski definition) is 6. The number of hydrogen-bond donors (Lipinski definition) is 1. The molecule has 30 heavy (non-hydrogen) atoms. The van der Waals surface area contributed by atoms with Crippen LogP contribution in [0.25, 0.3) is 10.9 Å². The molecule has 2 aromatic carbocycles. The maximum absolute atomic E-state index is 6.54. The van der Waals surface area contributed by atoms with Crippen molar-refractivity contribution in [3.05, 3.63) is 59.8 Å². The number of anilines is 1. The summed E-state index contributed by atoms with van der Waals surface area (Å²) in [6.45, 7) is 7.38. The summed E-state index contributed by atoms with van der Waals surface area (Å²) in [5, 5.41) is 1.23. The summed E-state index contributed by atoms with van der Waals surface area (Å²) in [6, 6.07) is 16.7. The van der Waals surface area contributed by atoms with Crippen LogP contribution >= 0.6 is 0 Å². The first kappa shape index (κ1) is 19.0. The van der Waals surface area contributed by atoms with Gasteiger partial charge >= 0.3 is 0 Å². The summed E-state index contributed by atoms with van der Waals surface area (Å²) < 4.78 is 5.59. The van der Waals surface area contributed by atoms with Gasteiger partial charge in [-0.1, -0.05) is 12.1 Å². The van der Waals surface area contributed by atoms with Gasteiger partial charge in [0.1, 0.15) is 18.0 Å². The summed E-state index contributed by atoms with van der Waals surface area (Å²) in [5.41, 5.74) is 11.9. The van der Waals surface area contributed by atoms with Crippen molar-refractivity contribution in [2.24, 2.45) is 10.7 Å². The summed E-state index contributed by atoms with van der Waals surface area (Å²) in [4.78, 5) is 14.0. The van der Waals surface area contributed by atoms with E-state index in [4.69, 9.17) is 10.5 Å². The number of benzene rings is 2. The highest BCUT2D eigenvalue weighted by molar-refractivity contribution is 5.92. The monoisotopic (exact) mass is 401 g/mol. The van der Waals surface area contributed by atoms with Crippen LogP contribution in [-0.2, 0) is 0 Å². The molecule has 1 atom stereocenters. The average molecular weight is 402 g/mol. The molecular weight excluding hydrogens is 374 g/mol. The molecule has 0 spiro atoms. The number of pyridine rings is 1. The van der Waals surface area contributed by atoms with Gasteiger partial charge < -0.3 is 15.4 Å². The van der Waals surface area contributed by atoms with Crippen LogP contribution in [0.4, 0.5) is 11.4 Å². The number of nitrogens with zero attached hydrogens (tertiary/aromatic N) is 4. The predicted molar refractivity (Wildman–Crippen MR) is 122 cm³/mol. The Labute approximate surface area is 177 Å². The Bertz CT molecular complexity index is 1090. The molecular formula is C24H27N5O. The molecule has 6 nitrogen and oxygen atoms in total. The van der Waals surface area contributed by atoms with Crippen molar-refractivity contribution in [1.82, 2.24) is 9.88 Å². The van der Waals surface area contributed by atoms with Crippen LogP contribution in [-0.4, -0.2) is 55.4 Å². The normalized spacial score (nSPS) is 17.6. The first-order chi connectivity index (χ1) is 14.7. The number of fused-ring (bicyclic) bond motifs is 2. The lowest BCUT2D eigenvalue weighted by Gasteiger charge is -2.37. The van der Waals surface area contributed by atoms with E-state index in [1.165, 1.54) is 11.1 Å². The predicted octanol–water partition coefficient (Wildman–Crippen LogP) is 3.46. The highest BCUT2D eigenvalue weighted by Crippen LogP contribution is 2.32. The van der Waals surface area contributed by atoms with E-state index in [1.54, 1.807) is 6.21 Å². The molecule has 3 heterocycles. The molecule has 2 aliphatic rings. The van der Waals surface area contributed by atoms with Gasteiger partial charge in [-0.3, -0.25) is 14.9 Å². The molecule has 1 aromatic heterocycles. The lowest BCUT2D eigenvalue weighted by Crippen LogP contribution is -2.48. The second-order valence-corrected chi connectivity index (χ2v) is 8.04. The topological polar surface area (TPSA) is 67.0 Å². The fraction of sp³-hybridized carbons (Fsp3) is 0.333. The summed E-state index contributed by atoms with van der Waals surface area (Å²) in [6.07, 6.45) is 1.79. The van der Waals surface area contributed by atoms with Crippen molar-refractivity contribution >= 4 is 28.5 Å². The molecule has 2 N–H and O–H groups in total. The Kier molecular flexibility index (Phi) is 5.11. The van der Waals surface area contributed by atoms with Gasteiger partial charge in [-0.2, -0.15) is 0 Å². The molecule has 0 bridgehead atoms. The van der Waals surface area contributed by atoms with Crippen LogP contribution in [0, 0.1) is 6.92 Å². The fourth-order valence-electron chi connectivity index (χ4n) is 4.32. The van der Waals surface area contributed by atoms with Crippen molar-refractivity contribution < 1.29 is 4.74 Å². The molecule has 154 valence electrons. The van der Waals surface area contributed by atoms with E-state index < -0.39 is 0 Å². The Morgan fingerprint density at radius 1 is 1.07 bits per heavy atom. The SMILES string of the molecule is Cc1ccc2c(N3CCN(CC(N)c4ccc5c(c4)N=CCO5)CC3)cccc2n1. The van der Waals surface area contributed by atoms with Gasteiger partial charge in [-0.05, 0) is 48.9 Å². The Hall–Kier alpha value is -2.96. The highest BCUT2D eigenvalue weighted by atomic mass is 16.5. The first-order valence-corrected chi connectivity index (χ1v) is 10.6. The Balaban J connectivity index is 1.24. The van der Waals surface area contributed by atoms with Crippen LogP contribution in [0.5, 0.6) is 5.75 Å². The van der Waals surface area contributed by atoms with Gasteiger partial charge in [0.05, 0.1) is 5.52 Å². The van der Waals surface area contributed by atoms with Crippen molar-refractivity contribution in [3.63, 3.8) is 0 Å². The number of aryl methyl sites for hydroxylation is 1.